The molecule has 0 fully saturated rings. The molecule has 0 aliphatic heterocycles. The van der Waals surface area contributed by atoms with Crippen molar-refractivity contribution < 1.29 is 23.9 Å². The van der Waals surface area contributed by atoms with Gasteiger partial charge < -0.3 is 20.7 Å². The molecule has 3 amide bonds. The van der Waals surface area contributed by atoms with Crippen molar-refractivity contribution in [2.45, 2.75) is 82.3 Å². The molecule has 1 unspecified atom stereocenters. The van der Waals surface area contributed by atoms with Gasteiger partial charge in [0.25, 0.3) is 11.8 Å². The van der Waals surface area contributed by atoms with Crippen molar-refractivity contribution in [3.05, 3.63) is 117 Å². The van der Waals surface area contributed by atoms with E-state index in [0.717, 1.165) is 59.4 Å². The van der Waals surface area contributed by atoms with E-state index in [9.17, 15) is 19.2 Å². The van der Waals surface area contributed by atoms with Crippen LogP contribution < -0.4 is 16.0 Å². The topological polar surface area (TPSA) is 114 Å². The number of anilines is 2. The van der Waals surface area contributed by atoms with Gasteiger partial charge in [0, 0.05) is 21.0 Å². The fourth-order valence-corrected chi connectivity index (χ4v) is 8.04. The largest absolute Gasteiger partial charge is 0.462 e. The Labute approximate surface area is 308 Å². The highest BCUT2D eigenvalue weighted by Crippen LogP contribution is 2.38. The maximum absolute atomic E-state index is 13.7. The number of benzene rings is 3. The summed E-state index contributed by atoms with van der Waals surface area (Å²) in [5, 5.41) is 8.78. The molecule has 0 spiro atoms. The number of fused-ring (bicyclic) bond motifs is 1. The molecule has 8 nitrogen and oxygen atoms in total. The number of nitrogens with one attached hydrogen (secondary N) is 3. The summed E-state index contributed by atoms with van der Waals surface area (Å²) >= 11 is 2.82. The highest BCUT2D eigenvalue weighted by molar-refractivity contribution is 8.00. The normalized spacial score (nSPS) is 13.7. The number of hydrogen-bond acceptors (Lipinski definition) is 7. The predicted molar refractivity (Wildman–Crippen MR) is 208 cm³/mol. The van der Waals surface area contributed by atoms with E-state index in [-0.39, 0.29) is 18.2 Å². The van der Waals surface area contributed by atoms with Crippen LogP contribution in [0.25, 0.3) is 6.08 Å². The summed E-state index contributed by atoms with van der Waals surface area (Å²) in [5.74, 6) is -1.15. The van der Waals surface area contributed by atoms with Crippen molar-refractivity contribution >= 4 is 63.6 Å². The number of ether oxygens (including phenoxy) is 1. The predicted octanol–water partition coefficient (Wildman–Crippen LogP) is 9.24. The quantitative estimate of drug-likeness (QED) is 0.0763. The van der Waals surface area contributed by atoms with Crippen molar-refractivity contribution in [2.24, 2.45) is 0 Å². The third-order valence-electron chi connectivity index (χ3n) is 8.60. The molecule has 1 heterocycles. The fourth-order valence-electron chi connectivity index (χ4n) is 5.83. The van der Waals surface area contributed by atoms with Crippen LogP contribution >= 0.6 is 23.1 Å². The molecule has 0 saturated carbocycles. The molecule has 3 aromatic carbocycles. The molecule has 1 aromatic heterocycles. The molecule has 10 heteroatoms. The Morgan fingerprint density at radius 3 is 2.29 bits per heavy atom. The molecule has 3 N–H and O–H groups in total. The van der Waals surface area contributed by atoms with E-state index in [1.165, 1.54) is 28.7 Å². The van der Waals surface area contributed by atoms with Crippen LogP contribution in [-0.4, -0.2) is 35.5 Å². The second kappa shape index (κ2) is 18.0. The zero-order valence-corrected chi connectivity index (χ0v) is 31.2. The average molecular weight is 724 g/mol. The number of carbonyl (C=O) groups excluding carboxylic acids is 4. The van der Waals surface area contributed by atoms with Crippen LogP contribution in [0.2, 0.25) is 0 Å². The summed E-state index contributed by atoms with van der Waals surface area (Å²) in [6, 6.07) is 23.8. The summed E-state index contributed by atoms with van der Waals surface area (Å²) in [6.07, 6.45) is 7.70. The minimum absolute atomic E-state index is 0.0920. The monoisotopic (exact) mass is 723 g/mol. The van der Waals surface area contributed by atoms with E-state index in [2.05, 4.69) is 29.8 Å². The lowest BCUT2D eigenvalue weighted by molar-refractivity contribution is -0.115. The second-order valence-corrected chi connectivity index (χ2v) is 15.3. The third kappa shape index (κ3) is 10.2. The Bertz CT molecular complexity index is 1880. The lowest BCUT2D eigenvalue weighted by Crippen LogP contribution is -2.30. The lowest BCUT2D eigenvalue weighted by Gasteiger charge is -2.15. The van der Waals surface area contributed by atoms with Gasteiger partial charge in [0.05, 0.1) is 17.4 Å². The van der Waals surface area contributed by atoms with Gasteiger partial charge in [-0.2, -0.15) is 0 Å². The SMILES string of the molecule is CCOC(=O)c1c(NC(=O)C(C)Sc2cccc(NC(=O)/C(=C\c3ccc(C(C)C)cc3)NC(=O)c3ccccc3)c2)sc2c1CCCCCC2. The molecule has 1 aliphatic rings. The summed E-state index contributed by atoms with van der Waals surface area (Å²) in [7, 11) is 0. The van der Waals surface area contributed by atoms with Gasteiger partial charge in [-0.25, -0.2) is 4.79 Å². The van der Waals surface area contributed by atoms with Crippen LogP contribution in [0, 0.1) is 0 Å². The third-order valence-corrected chi connectivity index (χ3v) is 10.9. The molecule has 0 radical (unpaired) electrons. The zero-order valence-electron chi connectivity index (χ0n) is 29.5. The van der Waals surface area contributed by atoms with E-state index in [4.69, 9.17) is 4.74 Å². The number of carbonyl (C=O) groups is 4. The maximum Gasteiger partial charge on any atom is 0.341 e. The smallest absolute Gasteiger partial charge is 0.341 e. The molecular formula is C41H45N3O5S2. The standard InChI is InChI=1S/C41H45N3O5S2/c1-5-49-41(48)36-33-18-11-6-7-12-19-35(33)51-40(36)44-37(45)27(4)50-32-17-13-16-31(25-32)42-39(47)34(43-38(46)30-14-9-8-10-15-30)24-28-20-22-29(23-21-28)26(2)3/h8-10,13-17,20-27H,5-7,11-12,18-19H2,1-4H3,(H,42,47)(H,43,46)(H,44,45)/b34-24+. The molecule has 0 bridgehead atoms. The van der Waals surface area contributed by atoms with Crippen molar-refractivity contribution in [1.29, 1.82) is 0 Å². The number of rotatable bonds is 12. The molecule has 1 atom stereocenters. The van der Waals surface area contributed by atoms with Crippen molar-refractivity contribution in [3.63, 3.8) is 0 Å². The number of aryl methyl sites for hydroxylation is 1. The molecule has 0 saturated heterocycles. The molecular weight excluding hydrogens is 679 g/mol. The van der Waals surface area contributed by atoms with Crippen LogP contribution in [-0.2, 0) is 27.2 Å². The van der Waals surface area contributed by atoms with E-state index in [0.29, 0.717) is 27.7 Å². The van der Waals surface area contributed by atoms with Crippen LogP contribution in [0.15, 0.2) is 89.5 Å². The van der Waals surface area contributed by atoms with Crippen molar-refractivity contribution in [3.8, 4) is 0 Å². The minimum Gasteiger partial charge on any atom is -0.462 e. The Morgan fingerprint density at radius 1 is 0.863 bits per heavy atom. The highest BCUT2D eigenvalue weighted by atomic mass is 32.2. The molecule has 266 valence electrons. The van der Waals surface area contributed by atoms with Gasteiger partial charge in [0.1, 0.15) is 10.7 Å². The fraction of sp³-hybridized carbons (Fsp3) is 0.317. The number of esters is 1. The van der Waals surface area contributed by atoms with Gasteiger partial charge in [0.15, 0.2) is 0 Å². The lowest BCUT2D eigenvalue weighted by atomic mass is 9.96. The molecule has 5 rings (SSSR count). The van der Waals surface area contributed by atoms with Gasteiger partial charge in [-0.1, -0.05) is 75.2 Å². The first-order chi connectivity index (χ1) is 24.6. The van der Waals surface area contributed by atoms with Gasteiger partial charge in [-0.15, -0.1) is 23.1 Å². The van der Waals surface area contributed by atoms with E-state index in [1.807, 2.05) is 43.3 Å². The molecule has 1 aliphatic carbocycles. The van der Waals surface area contributed by atoms with Crippen LogP contribution in [0.1, 0.15) is 102 Å². The van der Waals surface area contributed by atoms with Gasteiger partial charge in [-0.05, 0) is 98.5 Å². The van der Waals surface area contributed by atoms with E-state index >= 15 is 0 Å². The second-order valence-electron chi connectivity index (χ2n) is 12.8. The summed E-state index contributed by atoms with van der Waals surface area (Å²) in [4.78, 5) is 55.2. The highest BCUT2D eigenvalue weighted by Gasteiger charge is 2.27. The van der Waals surface area contributed by atoms with E-state index in [1.54, 1.807) is 55.5 Å². The minimum atomic E-state index is -0.509. The Balaban J connectivity index is 1.30. The Hall–Kier alpha value is -4.67. The first kappa shape index (κ1) is 37.6. The van der Waals surface area contributed by atoms with Gasteiger partial charge in [-0.3, -0.25) is 14.4 Å². The number of thioether (sulfide) groups is 1. The Morgan fingerprint density at radius 2 is 1.59 bits per heavy atom. The van der Waals surface area contributed by atoms with Crippen molar-refractivity contribution in [1.82, 2.24) is 5.32 Å². The van der Waals surface area contributed by atoms with Gasteiger partial charge in [0.2, 0.25) is 5.91 Å². The van der Waals surface area contributed by atoms with Crippen LogP contribution in [0.5, 0.6) is 0 Å². The summed E-state index contributed by atoms with van der Waals surface area (Å²) < 4.78 is 5.40. The zero-order chi connectivity index (χ0) is 36.3. The number of amides is 3. The first-order valence-corrected chi connectivity index (χ1v) is 19.2. The summed E-state index contributed by atoms with van der Waals surface area (Å²) in [6.45, 7) is 8.08. The number of thiophene rings is 1. The maximum atomic E-state index is 13.7. The Kier molecular flexibility index (Phi) is 13.3. The number of hydrogen-bond donors (Lipinski definition) is 3. The van der Waals surface area contributed by atoms with E-state index < -0.39 is 23.0 Å². The van der Waals surface area contributed by atoms with Crippen molar-refractivity contribution in [2.75, 3.05) is 17.2 Å². The van der Waals surface area contributed by atoms with Crippen LogP contribution in [0.4, 0.5) is 10.7 Å². The molecule has 4 aromatic rings. The van der Waals surface area contributed by atoms with Crippen LogP contribution in [0.3, 0.4) is 0 Å². The average Bonchev–Trinajstić information content (AvgIpc) is 3.43. The molecule has 51 heavy (non-hydrogen) atoms. The summed E-state index contributed by atoms with van der Waals surface area (Å²) in [5.41, 5.74) is 4.48. The first-order valence-electron chi connectivity index (χ1n) is 17.5. The van der Waals surface area contributed by atoms with Gasteiger partial charge >= 0.3 is 5.97 Å².